The molecule has 0 bridgehead atoms. The van der Waals surface area contributed by atoms with Crippen LogP contribution in [0, 0.1) is 0 Å². The summed E-state index contributed by atoms with van der Waals surface area (Å²) >= 11 is 0. The van der Waals surface area contributed by atoms with Crippen LogP contribution in [0.2, 0.25) is 0 Å². The smallest absolute Gasteiger partial charge is 0.304 e. The number of carboxylic acid groups (broad SMARTS) is 1. The van der Waals surface area contributed by atoms with E-state index in [0.717, 1.165) is 0 Å². The second-order valence-corrected chi connectivity index (χ2v) is 5.07. The van der Waals surface area contributed by atoms with Gasteiger partial charge in [0.2, 0.25) is 10.0 Å². The van der Waals surface area contributed by atoms with Crippen LogP contribution in [0.5, 0.6) is 0 Å². The highest BCUT2D eigenvalue weighted by atomic mass is 32.2. The van der Waals surface area contributed by atoms with E-state index in [9.17, 15) is 13.2 Å². The molecule has 0 aromatic heterocycles. The maximum Gasteiger partial charge on any atom is 0.304 e. The van der Waals surface area contributed by atoms with Crippen LogP contribution < -0.4 is 4.72 Å². The molecule has 0 aliphatic carbocycles. The Labute approximate surface area is 89.4 Å². The van der Waals surface area contributed by atoms with Crippen LogP contribution in [0.4, 0.5) is 0 Å². The molecule has 0 aliphatic heterocycles. The largest absolute Gasteiger partial charge is 0.481 e. The summed E-state index contributed by atoms with van der Waals surface area (Å²) in [7, 11) is -3.55. The van der Waals surface area contributed by atoms with Crippen molar-refractivity contribution >= 4 is 16.0 Å². The molecule has 0 rings (SSSR count). The van der Waals surface area contributed by atoms with Gasteiger partial charge in [-0.15, -0.1) is 0 Å². The lowest BCUT2D eigenvalue weighted by Gasteiger charge is -2.15. The molecular formula is C8H17NO5S. The number of nitrogens with one attached hydrogen (secondary N) is 1. The molecule has 1 unspecified atom stereocenters. The van der Waals surface area contributed by atoms with E-state index in [0.29, 0.717) is 12.8 Å². The summed E-state index contributed by atoms with van der Waals surface area (Å²) in [6, 6.07) is -0.325. The van der Waals surface area contributed by atoms with Crippen LogP contribution in [-0.4, -0.2) is 43.0 Å². The zero-order valence-electron chi connectivity index (χ0n) is 8.64. The molecular weight excluding hydrogens is 222 g/mol. The Kier molecular flexibility index (Phi) is 6.46. The molecule has 6 nitrogen and oxygen atoms in total. The van der Waals surface area contributed by atoms with E-state index in [4.69, 9.17) is 10.2 Å². The summed E-state index contributed by atoms with van der Waals surface area (Å²) in [5.74, 6) is -1.57. The van der Waals surface area contributed by atoms with Gasteiger partial charge in [0.25, 0.3) is 0 Å². The molecule has 0 amide bonds. The average Bonchev–Trinajstić information content (AvgIpc) is 2.14. The van der Waals surface area contributed by atoms with Gasteiger partial charge >= 0.3 is 5.97 Å². The third-order valence-electron chi connectivity index (χ3n) is 1.90. The Morgan fingerprint density at radius 2 is 2.07 bits per heavy atom. The number of hydrogen-bond acceptors (Lipinski definition) is 4. The number of aliphatic carboxylic acids is 1. The van der Waals surface area contributed by atoms with E-state index < -0.39 is 28.2 Å². The second-order valence-electron chi connectivity index (χ2n) is 3.20. The number of aliphatic hydroxyl groups excluding tert-OH is 1. The summed E-state index contributed by atoms with van der Waals surface area (Å²) < 4.78 is 25.0. The lowest BCUT2D eigenvalue weighted by molar-refractivity contribution is -0.136. The Bertz CT molecular complexity index is 287. The minimum atomic E-state index is -3.55. The van der Waals surface area contributed by atoms with Crippen molar-refractivity contribution < 1.29 is 23.4 Å². The fourth-order valence-corrected chi connectivity index (χ4v) is 2.39. The van der Waals surface area contributed by atoms with E-state index >= 15 is 0 Å². The lowest BCUT2D eigenvalue weighted by atomic mass is 10.2. The molecule has 15 heavy (non-hydrogen) atoms. The Morgan fingerprint density at radius 3 is 2.47 bits per heavy atom. The SMILES string of the molecule is CCC(CCO)NS(=O)(=O)CCC(=O)O. The lowest BCUT2D eigenvalue weighted by Crippen LogP contribution is -2.37. The summed E-state index contributed by atoms with van der Waals surface area (Å²) in [5, 5.41) is 17.0. The number of sulfonamides is 1. The van der Waals surface area contributed by atoms with Crippen LogP contribution in [0.3, 0.4) is 0 Å². The number of hydrogen-bond donors (Lipinski definition) is 3. The van der Waals surface area contributed by atoms with E-state index in [-0.39, 0.29) is 12.6 Å². The van der Waals surface area contributed by atoms with Gasteiger partial charge < -0.3 is 10.2 Å². The summed E-state index contributed by atoms with van der Waals surface area (Å²) in [6.07, 6.45) is 0.487. The highest BCUT2D eigenvalue weighted by Gasteiger charge is 2.17. The van der Waals surface area contributed by atoms with Crippen molar-refractivity contribution in [1.29, 1.82) is 0 Å². The van der Waals surface area contributed by atoms with E-state index in [1.807, 2.05) is 0 Å². The van der Waals surface area contributed by atoms with Gasteiger partial charge in [-0.3, -0.25) is 4.79 Å². The van der Waals surface area contributed by atoms with Gasteiger partial charge in [-0.1, -0.05) is 6.92 Å². The maximum atomic E-state index is 11.3. The minimum Gasteiger partial charge on any atom is -0.481 e. The standard InChI is InChI=1S/C8H17NO5S/c1-2-7(3-5-10)9-15(13,14)6-4-8(11)12/h7,9-10H,2-6H2,1H3,(H,11,12). The van der Waals surface area contributed by atoms with Crippen molar-refractivity contribution in [3.8, 4) is 0 Å². The Morgan fingerprint density at radius 1 is 1.47 bits per heavy atom. The molecule has 0 aromatic carbocycles. The third kappa shape index (κ3) is 7.29. The van der Waals surface area contributed by atoms with Crippen molar-refractivity contribution in [3.63, 3.8) is 0 Å². The fourth-order valence-electron chi connectivity index (χ4n) is 1.04. The predicted molar refractivity (Wildman–Crippen MR) is 55.0 cm³/mol. The fraction of sp³-hybridized carbons (Fsp3) is 0.875. The van der Waals surface area contributed by atoms with Crippen LogP contribution in [-0.2, 0) is 14.8 Å². The van der Waals surface area contributed by atoms with Crippen molar-refractivity contribution in [2.24, 2.45) is 0 Å². The average molecular weight is 239 g/mol. The van der Waals surface area contributed by atoms with Gasteiger partial charge in [0, 0.05) is 12.6 Å². The monoisotopic (exact) mass is 239 g/mol. The second kappa shape index (κ2) is 6.76. The number of aliphatic hydroxyl groups is 1. The predicted octanol–water partition coefficient (Wildman–Crippen LogP) is -0.458. The maximum absolute atomic E-state index is 11.3. The van der Waals surface area contributed by atoms with E-state index in [1.165, 1.54) is 0 Å². The highest BCUT2D eigenvalue weighted by molar-refractivity contribution is 7.89. The first kappa shape index (κ1) is 14.3. The topological polar surface area (TPSA) is 104 Å². The van der Waals surface area contributed by atoms with Crippen LogP contribution in [0.25, 0.3) is 0 Å². The Balaban J connectivity index is 4.16. The first-order chi connectivity index (χ1) is 6.91. The van der Waals surface area contributed by atoms with Gasteiger partial charge in [0.1, 0.15) is 0 Å². The number of rotatable bonds is 8. The molecule has 0 saturated carbocycles. The van der Waals surface area contributed by atoms with Crippen molar-refractivity contribution in [1.82, 2.24) is 4.72 Å². The molecule has 7 heteroatoms. The van der Waals surface area contributed by atoms with Gasteiger partial charge in [-0.2, -0.15) is 0 Å². The summed E-state index contributed by atoms with van der Waals surface area (Å²) in [6.45, 7) is 1.69. The zero-order chi connectivity index (χ0) is 11.9. The molecule has 0 radical (unpaired) electrons. The highest BCUT2D eigenvalue weighted by Crippen LogP contribution is 2.00. The first-order valence-electron chi connectivity index (χ1n) is 4.74. The molecule has 0 fully saturated rings. The van der Waals surface area contributed by atoms with Crippen molar-refractivity contribution in [3.05, 3.63) is 0 Å². The molecule has 0 saturated heterocycles. The van der Waals surface area contributed by atoms with Crippen molar-refractivity contribution in [2.75, 3.05) is 12.4 Å². The molecule has 90 valence electrons. The molecule has 0 spiro atoms. The first-order valence-corrected chi connectivity index (χ1v) is 6.39. The zero-order valence-corrected chi connectivity index (χ0v) is 9.46. The quantitative estimate of drug-likeness (QED) is 0.532. The molecule has 3 N–H and O–H groups in total. The van der Waals surface area contributed by atoms with E-state index in [2.05, 4.69) is 4.72 Å². The number of carbonyl (C=O) groups is 1. The normalized spacial score (nSPS) is 13.7. The molecule has 0 aliphatic rings. The van der Waals surface area contributed by atoms with Gasteiger partial charge in [-0.05, 0) is 12.8 Å². The van der Waals surface area contributed by atoms with Crippen LogP contribution in [0.1, 0.15) is 26.2 Å². The summed E-state index contributed by atoms with van der Waals surface area (Å²) in [4.78, 5) is 10.2. The minimum absolute atomic E-state index is 0.0973. The molecule has 0 heterocycles. The molecule has 1 atom stereocenters. The van der Waals surface area contributed by atoms with Gasteiger partial charge in [-0.25, -0.2) is 13.1 Å². The van der Waals surface area contributed by atoms with Crippen LogP contribution >= 0.6 is 0 Å². The van der Waals surface area contributed by atoms with Gasteiger partial charge in [0.05, 0.1) is 12.2 Å². The van der Waals surface area contributed by atoms with Crippen molar-refractivity contribution in [2.45, 2.75) is 32.2 Å². The van der Waals surface area contributed by atoms with Crippen LogP contribution in [0.15, 0.2) is 0 Å². The van der Waals surface area contributed by atoms with E-state index in [1.54, 1.807) is 6.92 Å². The van der Waals surface area contributed by atoms with Gasteiger partial charge in [0.15, 0.2) is 0 Å². The number of carboxylic acids is 1. The molecule has 0 aromatic rings. The Hall–Kier alpha value is -0.660. The summed E-state index contributed by atoms with van der Waals surface area (Å²) in [5.41, 5.74) is 0. The third-order valence-corrected chi connectivity index (χ3v) is 3.34.